The van der Waals surface area contributed by atoms with Gasteiger partial charge in [-0.05, 0) is 25.0 Å². The zero-order valence-electron chi connectivity index (χ0n) is 10.4. The van der Waals surface area contributed by atoms with Crippen LogP contribution in [0.4, 0.5) is 0 Å². The van der Waals surface area contributed by atoms with Crippen molar-refractivity contribution in [1.29, 1.82) is 0 Å². The Morgan fingerprint density at radius 3 is 2.69 bits per heavy atom. The molecule has 0 aliphatic rings. The molecule has 0 bridgehead atoms. The highest BCUT2D eigenvalue weighted by atomic mass is 16.5. The van der Waals surface area contributed by atoms with E-state index in [1.165, 1.54) is 5.56 Å². The summed E-state index contributed by atoms with van der Waals surface area (Å²) in [5.74, 6) is 0.981. The van der Waals surface area contributed by atoms with Crippen LogP contribution in [0.3, 0.4) is 0 Å². The summed E-state index contributed by atoms with van der Waals surface area (Å²) in [6, 6.07) is 6.10. The van der Waals surface area contributed by atoms with Crippen LogP contribution in [-0.4, -0.2) is 31.5 Å². The van der Waals surface area contributed by atoms with Crippen molar-refractivity contribution in [2.24, 2.45) is 0 Å². The van der Waals surface area contributed by atoms with Crippen molar-refractivity contribution in [2.45, 2.75) is 20.3 Å². The predicted molar refractivity (Wildman–Crippen MR) is 64.7 cm³/mol. The standard InChI is InChI=1S/C13H19NO2/c1-10-5-6-13(16-4)12(9-10)7-8-14(3)11(2)15/h5-6,9H,7-8H2,1-4H3. The maximum absolute atomic E-state index is 11.1. The molecule has 3 nitrogen and oxygen atoms in total. The van der Waals surface area contributed by atoms with Gasteiger partial charge in [-0.15, -0.1) is 0 Å². The Kier molecular flexibility index (Phi) is 4.35. The number of benzene rings is 1. The maximum atomic E-state index is 11.1. The van der Waals surface area contributed by atoms with Gasteiger partial charge < -0.3 is 9.64 Å². The summed E-state index contributed by atoms with van der Waals surface area (Å²) in [5, 5.41) is 0. The summed E-state index contributed by atoms with van der Waals surface area (Å²) >= 11 is 0. The van der Waals surface area contributed by atoms with Gasteiger partial charge in [-0.1, -0.05) is 17.7 Å². The number of methoxy groups -OCH3 is 1. The second-order valence-electron chi connectivity index (χ2n) is 4.01. The average molecular weight is 221 g/mol. The lowest BCUT2D eigenvalue weighted by molar-refractivity contribution is -0.127. The number of rotatable bonds is 4. The summed E-state index contributed by atoms with van der Waals surface area (Å²) in [4.78, 5) is 12.8. The Morgan fingerprint density at radius 2 is 2.12 bits per heavy atom. The van der Waals surface area contributed by atoms with E-state index < -0.39 is 0 Å². The van der Waals surface area contributed by atoms with Gasteiger partial charge in [0.2, 0.25) is 5.91 Å². The normalized spacial score (nSPS) is 10.0. The molecule has 0 unspecified atom stereocenters. The lowest BCUT2D eigenvalue weighted by atomic mass is 10.1. The molecule has 0 heterocycles. The van der Waals surface area contributed by atoms with Crippen LogP contribution in [-0.2, 0) is 11.2 Å². The summed E-state index contributed by atoms with van der Waals surface area (Å²) in [5.41, 5.74) is 2.36. The molecule has 88 valence electrons. The van der Waals surface area contributed by atoms with E-state index in [1.807, 2.05) is 19.2 Å². The fourth-order valence-electron chi connectivity index (χ4n) is 1.55. The smallest absolute Gasteiger partial charge is 0.219 e. The van der Waals surface area contributed by atoms with Gasteiger partial charge >= 0.3 is 0 Å². The van der Waals surface area contributed by atoms with Gasteiger partial charge in [0, 0.05) is 20.5 Å². The number of hydrogen-bond acceptors (Lipinski definition) is 2. The third kappa shape index (κ3) is 3.26. The summed E-state index contributed by atoms with van der Waals surface area (Å²) in [6.07, 6.45) is 0.820. The molecule has 0 aromatic heterocycles. The highest BCUT2D eigenvalue weighted by Gasteiger charge is 2.06. The first-order valence-electron chi connectivity index (χ1n) is 5.40. The number of carbonyl (C=O) groups excluding carboxylic acids is 1. The summed E-state index contributed by atoms with van der Waals surface area (Å²) in [7, 11) is 3.48. The van der Waals surface area contributed by atoms with Crippen LogP contribution < -0.4 is 4.74 Å². The van der Waals surface area contributed by atoms with Gasteiger partial charge in [-0.25, -0.2) is 0 Å². The molecule has 0 spiro atoms. The van der Waals surface area contributed by atoms with Crippen LogP contribution in [0.2, 0.25) is 0 Å². The lowest BCUT2D eigenvalue weighted by Gasteiger charge is -2.16. The summed E-state index contributed by atoms with van der Waals surface area (Å²) < 4.78 is 5.29. The first-order chi connectivity index (χ1) is 7.54. The van der Waals surface area contributed by atoms with E-state index in [4.69, 9.17) is 4.74 Å². The van der Waals surface area contributed by atoms with Gasteiger partial charge in [0.05, 0.1) is 7.11 Å². The van der Waals surface area contributed by atoms with Crippen molar-refractivity contribution in [2.75, 3.05) is 20.7 Å². The largest absolute Gasteiger partial charge is 0.496 e. The maximum Gasteiger partial charge on any atom is 0.219 e. The van der Waals surface area contributed by atoms with Gasteiger partial charge in [-0.3, -0.25) is 4.79 Å². The number of amides is 1. The monoisotopic (exact) mass is 221 g/mol. The first kappa shape index (κ1) is 12.6. The molecule has 16 heavy (non-hydrogen) atoms. The van der Waals surface area contributed by atoms with Crippen LogP contribution in [0.25, 0.3) is 0 Å². The van der Waals surface area contributed by atoms with E-state index in [-0.39, 0.29) is 5.91 Å². The SMILES string of the molecule is COc1ccc(C)cc1CCN(C)C(C)=O. The molecule has 0 fully saturated rings. The Labute approximate surface area is 97.0 Å². The third-order valence-electron chi connectivity index (χ3n) is 2.69. The molecule has 1 amide bonds. The third-order valence-corrected chi connectivity index (χ3v) is 2.69. The minimum atomic E-state index is 0.0895. The number of nitrogens with zero attached hydrogens (tertiary/aromatic N) is 1. The van der Waals surface area contributed by atoms with Crippen molar-refractivity contribution in [3.05, 3.63) is 29.3 Å². The van der Waals surface area contributed by atoms with Crippen LogP contribution in [0, 0.1) is 6.92 Å². The Bertz CT molecular complexity index is 374. The molecule has 1 aromatic carbocycles. The first-order valence-corrected chi connectivity index (χ1v) is 5.40. The quantitative estimate of drug-likeness (QED) is 0.778. The van der Waals surface area contributed by atoms with E-state index in [1.54, 1.807) is 18.9 Å². The molecule has 0 radical (unpaired) electrons. The van der Waals surface area contributed by atoms with Crippen molar-refractivity contribution in [3.63, 3.8) is 0 Å². The molecular weight excluding hydrogens is 202 g/mol. The fourth-order valence-corrected chi connectivity index (χ4v) is 1.55. The predicted octanol–water partition coefficient (Wildman–Crippen LogP) is 2.02. The summed E-state index contributed by atoms with van der Waals surface area (Å²) in [6.45, 7) is 4.35. The molecule has 0 aliphatic carbocycles. The van der Waals surface area contributed by atoms with Gasteiger partial charge in [0.1, 0.15) is 5.75 Å². The molecule has 0 saturated heterocycles. The second kappa shape index (κ2) is 5.54. The topological polar surface area (TPSA) is 29.5 Å². The Hall–Kier alpha value is -1.51. The van der Waals surface area contributed by atoms with Gasteiger partial charge in [-0.2, -0.15) is 0 Å². The average Bonchev–Trinajstić information content (AvgIpc) is 2.25. The van der Waals surface area contributed by atoms with Crippen molar-refractivity contribution >= 4 is 5.91 Å². The molecule has 1 rings (SSSR count). The number of carbonyl (C=O) groups is 1. The van der Waals surface area contributed by atoms with Crippen LogP contribution >= 0.6 is 0 Å². The van der Waals surface area contributed by atoms with Crippen LogP contribution in [0.1, 0.15) is 18.1 Å². The van der Waals surface area contributed by atoms with Crippen LogP contribution in [0.5, 0.6) is 5.75 Å². The van der Waals surface area contributed by atoms with E-state index in [0.717, 1.165) is 24.3 Å². The van der Waals surface area contributed by atoms with Crippen molar-refractivity contribution in [3.8, 4) is 5.75 Å². The lowest BCUT2D eigenvalue weighted by Crippen LogP contribution is -2.26. The molecule has 0 saturated carbocycles. The highest BCUT2D eigenvalue weighted by Crippen LogP contribution is 2.20. The second-order valence-corrected chi connectivity index (χ2v) is 4.01. The van der Waals surface area contributed by atoms with E-state index in [2.05, 4.69) is 13.0 Å². The van der Waals surface area contributed by atoms with Crippen LogP contribution in [0.15, 0.2) is 18.2 Å². The van der Waals surface area contributed by atoms with Crippen molar-refractivity contribution in [1.82, 2.24) is 4.90 Å². The van der Waals surface area contributed by atoms with E-state index in [0.29, 0.717) is 0 Å². The minimum absolute atomic E-state index is 0.0895. The Balaban J connectivity index is 2.72. The molecular formula is C13H19NO2. The van der Waals surface area contributed by atoms with Gasteiger partial charge in [0.15, 0.2) is 0 Å². The molecule has 0 aliphatic heterocycles. The number of aryl methyl sites for hydroxylation is 1. The zero-order valence-corrected chi connectivity index (χ0v) is 10.4. The van der Waals surface area contributed by atoms with E-state index >= 15 is 0 Å². The van der Waals surface area contributed by atoms with Crippen molar-refractivity contribution < 1.29 is 9.53 Å². The minimum Gasteiger partial charge on any atom is -0.496 e. The van der Waals surface area contributed by atoms with Gasteiger partial charge in [0.25, 0.3) is 0 Å². The molecule has 0 N–H and O–H groups in total. The Morgan fingerprint density at radius 1 is 1.44 bits per heavy atom. The number of ether oxygens (including phenoxy) is 1. The number of hydrogen-bond donors (Lipinski definition) is 0. The number of likely N-dealkylation sites (N-methyl/N-ethyl adjacent to an activating group) is 1. The molecule has 3 heteroatoms. The molecule has 1 aromatic rings. The molecule has 0 atom stereocenters. The van der Waals surface area contributed by atoms with E-state index in [9.17, 15) is 4.79 Å². The highest BCUT2D eigenvalue weighted by molar-refractivity contribution is 5.72. The fraction of sp³-hybridized carbons (Fsp3) is 0.462. The zero-order chi connectivity index (χ0) is 12.1.